The van der Waals surface area contributed by atoms with Gasteiger partial charge in [-0.1, -0.05) is 80.1 Å². The van der Waals surface area contributed by atoms with Gasteiger partial charge in [0.05, 0.1) is 54.7 Å². The Morgan fingerprint density at radius 2 is 1.79 bits per heavy atom. The second kappa shape index (κ2) is 26.3. The van der Waals surface area contributed by atoms with Crippen LogP contribution in [0.1, 0.15) is 72.3 Å². The van der Waals surface area contributed by atoms with Crippen LogP contribution in [-0.2, 0) is 39.9 Å². The fraction of sp³-hybridized carbons (Fsp3) is 0.549. The van der Waals surface area contributed by atoms with E-state index in [2.05, 4.69) is 15.5 Å². The molecule has 0 saturated carbocycles. The Labute approximate surface area is 394 Å². The van der Waals surface area contributed by atoms with E-state index >= 15 is 0 Å². The summed E-state index contributed by atoms with van der Waals surface area (Å²) in [6, 6.07) is 18.3. The number of nitrogens with zero attached hydrogens (tertiary/aromatic N) is 3. The molecule has 3 aromatic rings. The third kappa shape index (κ3) is 15.7. The molecule has 67 heavy (non-hydrogen) atoms. The molecule has 16 heteroatoms. The number of carbonyl (C=O) groups is 3. The molecule has 0 radical (unpaired) electrons. The van der Waals surface area contributed by atoms with Gasteiger partial charge in [0.15, 0.2) is 6.29 Å². The van der Waals surface area contributed by atoms with Crippen LogP contribution in [0.2, 0.25) is 0 Å². The number of ether oxygens (including phenoxy) is 5. The SMILES string of the molecule is CC[C@H]1OC(=O)C[C@@H](O)[C@H](C)[C@@H](O[C@H]2O[C@@H](C)[C@H](O)[C@@H](N(C)C)[C@@H]2O)[C@@H](CC=O)C[C@@H](C)C(=N\OCCCOc2ccc3ncccc3c2)/C=C/C(C)=C/C1COC(=O)NCc1ccccc1. The number of benzene rings is 2. The zero-order chi connectivity index (χ0) is 48.5. The van der Waals surface area contributed by atoms with E-state index in [1.807, 2.05) is 99.7 Å². The molecule has 1 aromatic heterocycles. The van der Waals surface area contributed by atoms with E-state index in [0.29, 0.717) is 37.3 Å². The Kier molecular flexibility index (Phi) is 20.7. The van der Waals surface area contributed by atoms with Crippen LogP contribution in [0.3, 0.4) is 0 Å². The molecule has 4 N–H and O–H groups in total. The summed E-state index contributed by atoms with van der Waals surface area (Å²) in [6.07, 6.45) is 0.938. The number of esters is 1. The quantitative estimate of drug-likeness (QED) is 0.0550. The van der Waals surface area contributed by atoms with Gasteiger partial charge in [-0.25, -0.2) is 4.79 Å². The molecular weight excluding hydrogens is 861 g/mol. The van der Waals surface area contributed by atoms with Crippen LogP contribution in [0.4, 0.5) is 4.79 Å². The molecule has 5 rings (SSSR count). The standard InChI is InChI=1S/C51H70N4O12/c1-8-44-39(31-63-51(61)53-30-36-14-10-9-11-15-36)26-32(2)17-19-41(54-64-25-13-24-62-40-18-20-42-37(28-40)16-12-22-52-42)33(3)27-38(21-23-56)49(34(4)43(57)29-45(58)66-44)67-50-48(60)46(55(6)7)47(59)35(5)65-50/h9-12,14-20,22-23,26,28,33-35,38-39,43-44,46-50,57,59-60H,8,13,21,24-25,27,29-31H2,1-7H3,(H,53,61)/b19-17+,32-26+,54-41-/t33-,34+,35+,38+,39?,43-,44-,46-,47+,48+,49-,50-/m1/s1. The van der Waals surface area contributed by atoms with Crippen LogP contribution in [-0.4, -0.2) is 132 Å². The van der Waals surface area contributed by atoms with Gasteiger partial charge >= 0.3 is 12.1 Å². The van der Waals surface area contributed by atoms with Crippen LogP contribution in [0, 0.1) is 23.7 Å². The van der Waals surface area contributed by atoms with Crippen molar-refractivity contribution in [2.24, 2.45) is 28.8 Å². The molecule has 2 aliphatic heterocycles. The number of aliphatic hydroxyl groups excluding tert-OH is 3. The normalized spacial score (nSPS) is 30.8. The molecular formula is C51H70N4O12. The third-order valence-corrected chi connectivity index (χ3v) is 12.5. The molecule has 0 spiro atoms. The number of nitrogens with one attached hydrogen (secondary N) is 1. The number of cyclic esters (lactones) is 1. The summed E-state index contributed by atoms with van der Waals surface area (Å²) in [5, 5.41) is 42.6. The van der Waals surface area contributed by atoms with E-state index in [1.165, 1.54) is 0 Å². The summed E-state index contributed by atoms with van der Waals surface area (Å²) in [6.45, 7) is 9.85. The number of rotatable bonds is 16. The Morgan fingerprint density at radius 3 is 2.52 bits per heavy atom. The molecule has 0 bridgehead atoms. The maximum Gasteiger partial charge on any atom is 0.407 e. The second-order valence-electron chi connectivity index (χ2n) is 17.9. The van der Waals surface area contributed by atoms with Gasteiger partial charge in [0.1, 0.15) is 37.5 Å². The predicted octanol–water partition coefficient (Wildman–Crippen LogP) is 6.16. The highest BCUT2D eigenvalue weighted by molar-refractivity contribution is 5.96. The largest absolute Gasteiger partial charge is 0.493 e. The number of aldehydes is 1. The van der Waals surface area contributed by atoms with Gasteiger partial charge in [-0.2, -0.15) is 0 Å². The van der Waals surface area contributed by atoms with Crippen molar-refractivity contribution in [2.75, 3.05) is 33.9 Å². The van der Waals surface area contributed by atoms with Crippen molar-refractivity contribution in [3.05, 3.63) is 96.2 Å². The van der Waals surface area contributed by atoms with E-state index in [0.717, 1.165) is 28.3 Å². The van der Waals surface area contributed by atoms with E-state index < -0.39 is 85.2 Å². The number of aliphatic hydroxyl groups is 3. The zero-order valence-corrected chi connectivity index (χ0v) is 39.8. The molecule has 2 aromatic carbocycles. The van der Waals surface area contributed by atoms with E-state index in [1.54, 1.807) is 39.0 Å². The van der Waals surface area contributed by atoms with Crippen molar-refractivity contribution in [1.82, 2.24) is 15.2 Å². The molecule has 1 amide bonds. The van der Waals surface area contributed by atoms with Crippen molar-refractivity contribution in [3.63, 3.8) is 0 Å². The smallest absolute Gasteiger partial charge is 0.407 e. The van der Waals surface area contributed by atoms with Gasteiger partial charge < -0.3 is 58.9 Å². The van der Waals surface area contributed by atoms with Crippen LogP contribution in [0.5, 0.6) is 5.75 Å². The lowest BCUT2D eigenvalue weighted by Crippen LogP contribution is -2.63. The Balaban J connectivity index is 1.42. The first-order valence-corrected chi connectivity index (χ1v) is 23.3. The second-order valence-corrected chi connectivity index (χ2v) is 17.9. The molecule has 1 saturated heterocycles. The number of hydrogen-bond acceptors (Lipinski definition) is 15. The van der Waals surface area contributed by atoms with Crippen molar-refractivity contribution in [2.45, 2.75) is 122 Å². The summed E-state index contributed by atoms with van der Waals surface area (Å²) in [5.74, 6) is -2.26. The topological polar surface area (TPSA) is 208 Å². The van der Waals surface area contributed by atoms with Gasteiger partial charge in [-0.05, 0) is 82.6 Å². The van der Waals surface area contributed by atoms with E-state index in [9.17, 15) is 29.7 Å². The Hall–Kier alpha value is -5.23. The molecule has 0 aliphatic carbocycles. The zero-order valence-electron chi connectivity index (χ0n) is 39.8. The van der Waals surface area contributed by atoms with Crippen molar-refractivity contribution >= 4 is 35.0 Å². The molecule has 3 heterocycles. The first-order chi connectivity index (χ1) is 32.2. The number of alkyl carbamates (subject to hydrolysis) is 1. The van der Waals surface area contributed by atoms with Crippen molar-refractivity contribution in [1.29, 1.82) is 0 Å². The predicted molar refractivity (Wildman–Crippen MR) is 253 cm³/mol. The first kappa shape index (κ1) is 52.7. The molecule has 1 fully saturated rings. The molecule has 16 nitrogen and oxygen atoms in total. The number of carbonyl (C=O) groups excluding carboxylic acids is 3. The molecule has 2 aliphatic rings. The Morgan fingerprint density at radius 1 is 1.01 bits per heavy atom. The lowest BCUT2D eigenvalue weighted by Gasteiger charge is -2.46. The van der Waals surface area contributed by atoms with Crippen LogP contribution in [0.25, 0.3) is 10.9 Å². The third-order valence-electron chi connectivity index (χ3n) is 12.5. The number of fused-ring (bicyclic) bond motifs is 1. The lowest BCUT2D eigenvalue weighted by molar-refractivity contribution is -0.304. The average Bonchev–Trinajstić information content (AvgIpc) is 3.31. The average molecular weight is 931 g/mol. The number of hydrogen-bond donors (Lipinski definition) is 4. The van der Waals surface area contributed by atoms with E-state index in [4.69, 9.17) is 28.5 Å². The molecule has 1 unspecified atom stereocenters. The highest BCUT2D eigenvalue weighted by atomic mass is 16.7. The number of likely N-dealkylation sites (N-methyl/N-ethyl adjacent to an activating group) is 1. The highest BCUT2D eigenvalue weighted by Gasteiger charge is 2.47. The minimum Gasteiger partial charge on any atom is -0.493 e. The molecule has 12 atom stereocenters. The summed E-state index contributed by atoms with van der Waals surface area (Å²) in [7, 11) is 3.47. The van der Waals surface area contributed by atoms with Crippen LogP contribution < -0.4 is 10.1 Å². The lowest BCUT2D eigenvalue weighted by atomic mass is 9.79. The van der Waals surface area contributed by atoms with Gasteiger partial charge in [0, 0.05) is 48.7 Å². The van der Waals surface area contributed by atoms with Gasteiger partial charge in [0.25, 0.3) is 0 Å². The minimum absolute atomic E-state index is 0.00604. The van der Waals surface area contributed by atoms with Gasteiger partial charge in [-0.3, -0.25) is 9.78 Å². The molecule has 366 valence electrons. The number of oxime groups is 1. The maximum atomic E-state index is 13.7. The highest BCUT2D eigenvalue weighted by Crippen LogP contribution is 2.34. The number of allylic oxidation sites excluding steroid dienone is 3. The summed E-state index contributed by atoms with van der Waals surface area (Å²) >= 11 is 0. The summed E-state index contributed by atoms with van der Waals surface area (Å²) < 4.78 is 30.4. The number of pyridine rings is 1. The van der Waals surface area contributed by atoms with Crippen LogP contribution >= 0.6 is 0 Å². The van der Waals surface area contributed by atoms with Gasteiger partial charge in [-0.15, -0.1) is 0 Å². The monoisotopic (exact) mass is 930 g/mol. The fourth-order valence-corrected chi connectivity index (χ4v) is 8.61. The van der Waals surface area contributed by atoms with Crippen molar-refractivity contribution in [3.8, 4) is 5.75 Å². The minimum atomic E-state index is -1.32. The number of amides is 1. The Bertz CT molecular complexity index is 2120. The summed E-state index contributed by atoms with van der Waals surface area (Å²) in [4.78, 5) is 51.0. The maximum absolute atomic E-state index is 13.7. The summed E-state index contributed by atoms with van der Waals surface area (Å²) in [5.41, 5.74) is 3.09. The number of aromatic nitrogens is 1. The van der Waals surface area contributed by atoms with Crippen molar-refractivity contribution < 1.29 is 58.2 Å². The van der Waals surface area contributed by atoms with E-state index in [-0.39, 0.29) is 32.1 Å². The fourth-order valence-electron chi connectivity index (χ4n) is 8.61. The van der Waals surface area contributed by atoms with Gasteiger partial charge in [0.2, 0.25) is 0 Å². The first-order valence-electron chi connectivity index (χ1n) is 23.3. The van der Waals surface area contributed by atoms with Crippen LogP contribution in [0.15, 0.2) is 95.8 Å².